The van der Waals surface area contributed by atoms with Crippen molar-refractivity contribution in [1.29, 1.82) is 0 Å². The lowest BCUT2D eigenvalue weighted by Crippen LogP contribution is -2.39. The van der Waals surface area contributed by atoms with Crippen molar-refractivity contribution in [3.8, 4) is 11.5 Å². The van der Waals surface area contributed by atoms with Crippen LogP contribution in [0.5, 0.6) is 11.5 Å². The summed E-state index contributed by atoms with van der Waals surface area (Å²) in [6, 6.07) is 2.08. The van der Waals surface area contributed by atoms with Crippen LogP contribution in [-0.4, -0.2) is 40.4 Å². The molecule has 8 heteroatoms. The van der Waals surface area contributed by atoms with Gasteiger partial charge in [-0.3, -0.25) is 4.90 Å². The van der Waals surface area contributed by atoms with Crippen molar-refractivity contribution in [3.05, 3.63) is 35.5 Å². The van der Waals surface area contributed by atoms with Crippen LogP contribution in [0.15, 0.2) is 16.5 Å². The quantitative estimate of drug-likeness (QED) is 0.858. The Morgan fingerprint density at radius 1 is 1.08 bits per heavy atom. The lowest BCUT2D eigenvalue weighted by Gasteiger charge is -2.28. The van der Waals surface area contributed by atoms with Crippen molar-refractivity contribution < 1.29 is 22.7 Å². The van der Waals surface area contributed by atoms with Gasteiger partial charge in [-0.1, -0.05) is 13.8 Å². The first-order valence-corrected chi connectivity index (χ1v) is 7.87. The van der Waals surface area contributed by atoms with Crippen molar-refractivity contribution in [1.82, 2.24) is 15.1 Å². The van der Waals surface area contributed by atoms with E-state index in [0.717, 1.165) is 12.1 Å². The van der Waals surface area contributed by atoms with Crippen molar-refractivity contribution in [2.24, 2.45) is 0 Å². The molecule has 24 heavy (non-hydrogen) atoms. The number of hydrogen-bond donors (Lipinski definition) is 0. The third-order valence-electron chi connectivity index (χ3n) is 4.18. The Morgan fingerprint density at radius 3 is 2.17 bits per heavy atom. The first-order chi connectivity index (χ1) is 11.5. The number of fused-ring (bicyclic) bond motifs is 2. The summed E-state index contributed by atoms with van der Waals surface area (Å²) in [7, 11) is 0. The molecule has 0 amide bonds. The van der Waals surface area contributed by atoms with Crippen molar-refractivity contribution in [3.63, 3.8) is 0 Å². The monoisotopic (exact) mass is 337 g/mol. The van der Waals surface area contributed by atoms with Crippen molar-refractivity contribution in [2.75, 3.05) is 13.1 Å². The van der Waals surface area contributed by atoms with E-state index in [-0.39, 0.29) is 29.6 Å². The molecule has 1 saturated heterocycles. The molecule has 2 aliphatic heterocycles. The van der Waals surface area contributed by atoms with E-state index in [4.69, 9.17) is 13.9 Å². The van der Waals surface area contributed by atoms with Gasteiger partial charge in [0, 0.05) is 19.0 Å². The molecule has 0 saturated carbocycles. The smallest absolute Gasteiger partial charge is 0.230 e. The van der Waals surface area contributed by atoms with Crippen LogP contribution in [0.2, 0.25) is 0 Å². The van der Waals surface area contributed by atoms with Gasteiger partial charge in [-0.05, 0) is 12.1 Å². The predicted octanol–water partition coefficient (Wildman–Crippen LogP) is 2.50. The average molecular weight is 337 g/mol. The Labute approximate surface area is 137 Å². The van der Waals surface area contributed by atoms with Crippen LogP contribution in [0.1, 0.15) is 31.5 Å². The molecule has 2 atom stereocenters. The van der Waals surface area contributed by atoms with E-state index in [1.807, 2.05) is 18.7 Å². The second-order valence-electron chi connectivity index (χ2n) is 6.38. The summed E-state index contributed by atoms with van der Waals surface area (Å²) in [4.78, 5) is 2.01. The summed E-state index contributed by atoms with van der Waals surface area (Å²) in [5.41, 5.74) is 0. The van der Waals surface area contributed by atoms with Crippen LogP contribution in [0.4, 0.5) is 8.78 Å². The summed E-state index contributed by atoms with van der Waals surface area (Å²) in [6.07, 6.45) is -0.720. The molecule has 1 aromatic carbocycles. The molecule has 2 aliphatic rings. The number of ether oxygens (including phenoxy) is 2. The zero-order valence-corrected chi connectivity index (χ0v) is 13.3. The molecule has 4 rings (SSSR count). The van der Waals surface area contributed by atoms with E-state index in [2.05, 4.69) is 10.2 Å². The normalized spacial score (nSPS) is 22.9. The van der Waals surface area contributed by atoms with Crippen LogP contribution in [0.25, 0.3) is 0 Å². The fourth-order valence-electron chi connectivity index (χ4n) is 2.97. The number of nitrogens with zero attached hydrogens (tertiary/aromatic N) is 3. The van der Waals surface area contributed by atoms with Crippen LogP contribution < -0.4 is 9.47 Å². The van der Waals surface area contributed by atoms with Gasteiger partial charge in [-0.15, -0.1) is 10.2 Å². The molecule has 1 fully saturated rings. The maximum atomic E-state index is 13.8. The molecule has 0 spiro atoms. The maximum absolute atomic E-state index is 13.8. The van der Waals surface area contributed by atoms with E-state index in [0.29, 0.717) is 31.4 Å². The lowest BCUT2D eigenvalue weighted by molar-refractivity contribution is 0.0467. The Bertz CT molecular complexity index is 726. The van der Waals surface area contributed by atoms with E-state index in [1.165, 1.54) is 0 Å². The van der Waals surface area contributed by atoms with Gasteiger partial charge in [0.25, 0.3) is 0 Å². The van der Waals surface area contributed by atoms with Crippen LogP contribution >= 0.6 is 0 Å². The van der Waals surface area contributed by atoms with E-state index >= 15 is 0 Å². The molecule has 0 bridgehead atoms. The topological polar surface area (TPSA) is 60.6 Å². The molecule has 1 aromatic heterocycles. The standard InChI is InChI=1S/C16H17F2N3O3/c1-8(2)16-20-19-13(24-16)7-21-5-11-12(6-21)23-15-10(18)4-3-9(17)14(15)22-11/h3-4,8,11-12H,5-7H2,1-2H3/t11-,12+. The molecule has 128 valence electrons. The Balaban J connectivity index is 1.47. The Morgan fingerprint density at radius 2 is 1.67 bits per heavy atom. The maximum Gasteiger partial charge on any atom is 0.230 e. The summed E-state index contributed by atoms with van der Waals surface area (Å²) in [6.45, 7) is 5.42. The highest BCUT2D eigenvalue weighted by Crippen LogP contribution is 2.40. The van der Waals surface area contributed by atoms with Gasteiger partial charge < -0.3 is 13.9 Å². The van der Waals surface area contributed by atoms with Gasteiger partial charge >= 0.3 is 0 Å². The average Bonchev–Trinajstić information content (AvgIpc) is 3.16. The summed E-state index contributed by atoms with van der Waals surface area (Å²) >= 11 is 0. The fraction of sp³-hybridized carbons (Fsp3) is 0.500. The number of rotatable bonds is 3. The predicted molar refractivity (Wildman–Crippen MR) is 78.9 cm³/mol. The number of likely N-dealkylation sites (tertiary alicyclic amines) is 1. The SMILES string of the molecule is CC(C)c1nnc(CN2C[C@@H]3Oc4c(F)ccc(F)c4O[C@@H]3C2)o1. The minimum Gasteiger partial charge on any atom is -0.478 e. The first kappa shape index (κ1) is 15.3. The molecule has 0 N–H and O–H groups in total. The van der Waals surface area contributed by atoms with Crippen molar-refractivity contribution >= 4 is 0 Å². The van der Waals surface area contributed by atoms with Gasteiger partial charge in [0.2, 0.25) is 23.3 Å². The molecular weight excluding hydrogens is 320 g/mol. The molecule has 0 aliphatic carbocycles. The minimum atomic E-state index is -0.623. The first-order valence-electron chi connectivity index (χ1n) is 7.87. The second kappa shape index (κ2) is 5.70. The third kappa shape index (κ3) is 2.60. The van der Waals surface area contributed by atoms with Crippen LogP contribution in [-0.2, 0) is 6.54 Å². The van der Waals surface area contributed by atoms with E-state index in [9.17, 15) is 8.78 Å². The van der Waals surface area contributed by atoms with Gasteiger partial charge in [-0.25, -0.2) is 8.78 Å². The van der Waals surface area contributed by atoms with Crippen LogP contribution in [0.3, 0.4) is 0 Å². The van der Waals surface area contributed by atoms with Gasteiger partial charge in [0.05, 0.1) is 6.54 Å². The Hall–Kier alpha value is -2.22. The summed E-state index contributed by atoms with van der Waals surface area (Å²) < 4.78 is 44.5. The summed E-state index contributed by atoms with van der Waals surface area (Å²) in [5, 5.41) is 8.03. The van der Waals surface area contributed by atoms with E-state index < -0.39 is 11.6 Å². The number of benzene rings is 1. The Kier molecular flexibility index (Phi) is 3.64. The number of aromatic nitrogens is 2. The van der Waals surface area contributed by atoms with Gasteiger partial charge in [-0.2, -0.15) is 0 Å². The highest BCUT2D eigenvalue weighted by atomic mass is 19.1. The van der Waals surface area contributed by atoms with E-state index in [1.54, 1.807) is 0 Å². The summed E-state index contributed by atoms with van der Waals surface area (Å²) in [5.74, 6) is -0.295. The minimum absolute atomic E-state index is 0.155. The fourth-order valence-corrected chi connectivity index (χ4v) is 2.97. The molecule has 6 nitrogen and oxygen atoms in total. The largest absolute Gasteiger partial charge is 0.478 e. The highest BCUT2D eigenvalue weighted by Gasteiger charge is 2.42. The second-order valence-corrected chi connectivity index (χ2v) is 6.38. The molecule has 3 heterocycles. The van der Waals surface area contributed by atoms with Crippen LogP contribution in [0, 0.1) is 11.6 Å². The number of hydrogen-bond acceptors (Lipinski definition) is 6. The lowest BCUT2D eigenvalue weighted by atomic mass is 10.2. The van der Waals surface area contributed by atoms with Gasteiger partial charge in [0.1, 0.15) is 12.2 Å². The molecule has 0 radical (unpaired) electrons. The molecule has 2 aromatic rings. The molecular formula is C16H17F2N3O3. The van der Waals surface area contributed by atoms with Crippen molar-refractivity contribution in [2.45, 2.75) is 38.5 Å². The third-order valence-corrected chi connectivity index (χ3v) is 4.18. The highest BCUT2D eigenvalue weighted by molar-refractivity contribution is 5.44. The zero-order valence-electron chi connectivity index (χ0n) is 13.3. The van der Waals surface area contributed by atoms with Gasteiger partial charge in [0.15, 0.2) is 11.6 Å². The zero-order chi connectivity index (χ0) is 16.8. The molecule has 0 unspecified atom stereocenters. The number of halogens is 2.